The Morgan fingerprint density at radius 1 is 0.935 bits per heavy atom. The molecule has 13 heteroatoms. The maximum absolute atomic E-state index is 13.9. The van der Waals surface area contributed by atoms with Crippen molar-refractivity contribution in [2.24, 2.45) is 11.8 Å². The number of likely N-dealkylation sites (tertiary alicyclic amines) is 2. The first-order valence-electron chi connectivity index (χ1n) is 16.0. The van der Waals surface area contributed by atoms with Gasteiger partial charge in [0.15, 0.2) is 16.6 Å². The standard InChI is InChI=1S/C33H56N2O9Si2/c1-14-16-41-30(39)29(38)35-25(27(28(35)37)22(3)44-46(12,13)33(7,8)9)19-26(36)23-18-24(21-43-45(10,11)32(4,5)6)34(20-23)31(40)42-17-15-2/h14-15,22-25,27H,1-2,16-21H2,3-13H3/t22-,23?,24+,25-,27-/m1/s1. The summed E-state index contributed by atoms with van der Waals surface area (Å²) in [4.78, 5) is 68.3. The fourth-order valence-corrected chi connectivity index (χ4v) is 7.67. The third kappa shape index (κ3) is 9.04. The summed E-state index contributed by atoms with van der Waals surface area (Å²) in [6.45, 7) is 30.1. The molecule has 2 aliphatic rings. The second kappa shape index (κ2) is 15.1. The summed E-state index contributed by atoms with van der Waals surface area (Å²) in [7, 11) is -4.49. The van der Waals surface area contributed by atoms with Gasteiger partial charge in [0.2, 0.25) is 5.91 Å². The number of hydrogen-bond donors (Lipinski definition) is 0. The highest BCUT2D eigenvalue weighted by molar-refractivity contribution is 6.74. The van der Waals surface area contributed by atoms with Crippen LogP contribution in [-0.2, 0) is 37.5 Å². The van der Waals surface area contributed by atoms with E-state index in [4.69, 9.17) is 18.3 Å². The van der Waals surface area contributed by atoms with E-state index in [1.807, 2.05) is 0 Å². The zero-order valence-corrected chi connectivity index (χ0v) is 31.8. The summed E-state index contributed by atoms with van der Waals surface area (Å²) in [5.41, 5.74) is 0. The van der Waals surface area contributed by atoms with E-state index in [9.17, 15) is 24.0 Å². The normalized spacial score (nSPS) is 23.0. The van der Waals surface area contributed by atoms with Crippen LogP contribution in [0.15, 0.2) is 25.3 Å². The van der Waals surface area contributed by atoms with Crippen LogP contribution in [-0.4, -0.2) is 101 Å². The molecule has 0 bridgehead atoms. The van der Waals surface area contributed by atoms with Crippen molar-refractivity contribution in [1.29, 1.82) is 0 Å². The lowest BCUT2D eigenvalue weighted by atomic mass is 9.78. The van der Waals surface area contributed by atoms with Gasteiger partial charge in [-0.15, -0.1) is 0 Å². The molecule has 5 atom stereocenters. The van der Waals surface area contributed by atoms with Crippen LogP contribution in [0.4, 0.5) is 4.79 Å². The van der Waals surface area contributed by atoms with Crippen molar-refractivity contribution in [2.45, 2.75) is 116 Å². The van der Waals surface area contributed by atoms with Gasteiger partial charge >= 0.3 is 18.0 Å². The molecule has 1 unspecified atom stereocenters. The van der Waals surface area contributed by atoms with Crippen LogP contribution in [0.5, 0.6) is 0 Å². The van der Waals surface area contributed by atoms with Gasteiger partial charge in [-0.3, -0.25) is 19.3 Å². The van der Waals surface area contributed by atoms with E-state index in [1.165, 1.54) is 17.1 Å². The van der Waals surface area contributed by atoms with Crippen LogP contribution in [0.25, 0.3) is 0 Å². The fourth-order valence-electron chi connectivity index (χ4n) is 5.20. The van der Waals surface area contributed by atoms with E-state index >= 15 is 0 Å². The Morgan fingerprint density at radius 2 is 1.48 bits per heavy atom. The predicted molar refractivity (Wildman–Crippen MR) is 181 cm³/mol. The molecule has 2 aliphatic heterocycles. The lowest BCUT2D eigenvalue weighted by Gasteiger charge is -2.49. The summed E-state index contributed by atoms with van der Waals surface area (Å²) in [6, 6.07) is -1.29. The molecular weight excluding hydrogens is 625 g/mol. The highest BCUT2D eigenvalue weighted by Gasteiger charge is 2.57. The van der Waals surface area contributed by atoms with E-state index in [1.54, 1.807) is 6.92 Å². The molecule has 0 radical (unpaired) electrons. The monoisotopic (exact) mass is 680 g/mol. The van der Waals surface area contributed by atoms with Gasteiger partial charge in [-0.1, -0.05) is 66.9 Å². The molecule has 2 saturated heterocycles. The Kier molecular flexibility index (Phi) is 13.0. The minimum Gasteiger partial charge on any atom is -0.454 e. The minimum absolute atomic E-state index is 0.0285. The van der Waals surface area contributed by atoms with E-state index < -0.39 is 70.5 Å². The van der Waals surface area contributed by atoms with Crippen LogP contribution in [0, 0.1) is 11.8 Å². The lowest BCUT2D eigenvalue weighted by Crippen LogP contribution is -2.69. The second-order valence-corrected chi connectivity index (χ2v) is 25.0. The molecule has 2 fully saturated rings. The number of imide groups is 1. The molecule has 0 N–H and O–H groups in total. The number of ketones is 1. The molecular formula is C33H56N2O9Si2. The second-order valence-electron chi connectivity index (χ2n) is 15.4. The van der Waals surface area contributed by atoms with Gasteiger partial charge < -0.3 is 23.2 Å². The number of esters is 1. The van der Waals surface area contributed by atoms with Crippen LogP contribution >= 0.6 is 0 Å². The Hall–Kier alpha value is -2.62. The number of amides is 3. The van der Waals surface area contributed by atoms with E-state index in [2.05, 4.69) is 80.9 Å². The summed E-state index contributed by atoms with van der Waals surface area (Å²) in [5.74, 6) is -4.50. The highest BCUT2D eigenvalue weighted by atomic mass is 28.4. The summed E-state index contributed by atoms with van der Waals surface area (Å²) >= 11 is 0. The molecule has 2 heterocycles. The van der Waals surface area contributed by atoms with Gasteiger partial charge in [0, 0.05) is 18.9 Å². The third-order valence-electron chi connectivity index (χ3n) is 10.1. The maximum Gasteiger partial charge on any atom is 0.410 e. The molecule has 0 aromatic heterocycles. The Morgan fingerprint density at radius 3 is 2.00 bits per heavy atom. The SMILES string of the molecule is C=CCOC(=O)C(=O)N1C(=O)[C@H]([C@@H](C)O[Si](C)(C)C(C)(C)C)[C@H]1CC(=O)C1C[C@@H](CO[Si](C)(C)C(C)(C)C)N(C(=O)OCC=C)C1. The quantitative estimate of drug-likeness (QED) is 0.0817. The van der Waals surface area contributed by atoms with Crippen molar-refractivity contribution in [1.82, 2.24) is 9.80 Å². The molecule has 2 rings (SSSR count). The van der Waals surface area contributed by atoms with Gasteiger partial charge in [0.25, 0.3) is 0 Å². The van der Waals surface area contributed by atoms with Crippen molar-refractivity contribution in [3.05, 3.63) is 25.3 Å². The Labute approximate surface area is 277 Å². The minimum atomic E-state index is -2.33. The van der Waals surface area contributed by atoms with Gasteiger partial charge in [-0.2, -0.15) is 0 Å². The number of ether oxygens (including phenoxy) is 2. The molecule has 0 aromatic carbocycles. The summed E-state index contributed by atoms with van der Waals surface area (Å²) in [5, 5.41) is -0.189. The first kappa shape index (κ1) is 39.6. The number of Topliss-reactive ketones (excluding diaryl/α,β-unsaturated/α-hetero) is 1. The zero-order valence-electron chi connectivity index (χ0n) is 29.8. The first-order chi connectivity index (χ1) is 21.0. The number of carbonyl (C=O) groups is 5. The average molecular weight is 681 g/mol. The van der Waals surface area contributed by atoms with E-state index in [-0.39, 0.29) is 48.6 Å². The molecule has 0 saturated carbocycles. The number of nitrogens with zero attached hydrogens (tertiary/aromatic N) is 2. The molecule has 0 spiro atoms. The molecule has 0 aromatic rings. The van der Waals surface area contributed by atoms with Crippen molar-refractivity contribution in [3.8, 4) is 0 Å². The van der Waals surface area contributed by atoms with Crippen LogP contribution < -0.4 is 0 Å². The summed E-state index contributed by atoms with van der Waals surface area (Å²) in [6.07, 6.45) is 1.79. The van der Waals surface area contributed by atoms with E-state index in [0.717, 1.165) is 4.90 Å². The van der Waals surface area contributed by atoms with E-state index in [0.29, 0.717) is 6.42 Å². The van der Waals surface area contributed by atoms with Crippen LogP contribution in [0.3, 0.4) is 0 Å². The fraction of sp³-hybridized carbons (Fsp3) is 0.727. The topological polar surface area (TPSA) is 129 Å². The maximum atomic E-state index is 13.9. The Balaban J connectivity index is 2.34. The van der Waals surface area contributed by atoms with Crippen molar-refractivity contribution in [2.75, 3.05) is 26.4 Å². The number of rotatable bonds is 13. The molecule has 3 amide bonds. The van der Waals surface area contributed by atoms with Gasteiger partial charge in [0.1, 0.15) is 19.0 Å². The number of carbonyl (C=O) groups excluding carboxylic acids is 5. The average Bonchev–Trinajstić information content (AvgIpc) is 3.36. The largest absolute Gasteiger partial charge is 0.454 e. The van der Waals surface area contributed by atoms with Gasteiger partial charge in [-0.05, 0) is 49.6 Å². The molecule has 11 nitrogen and oxygen atoms in total. The molecule has 46 heavy (non-hydrogen) atoms. The van der Waals surface area contributed by atoms with Gasteiger partial charge in [-0.25, -0.2) is 9.59 Å². The summed E-state index contributed by atoms with van der Waals surface area (Å²) < 4.78 is 23.2. The first-order valence-corrected chi connectivity index (χ1v) is 21.9. The van der Waals surface area contributed by atoms with Crippen LogP contribution in [0.1, 0.15) is 61.3 Å². The Bertz CT molecular complexity index is 1190. The number of hydrogen-bond acceptors (Lipinski definition) is 9. The zero-order chi connectivity index (χ0) is 35.4. The van der Waals surface area contributed by atoms with Gasteiger partial charge in [0.05, 0.1) is 30.7 Å². The molecule has 0 aliphatic carbocycles. The lowest BCUT2D eigenvalue weighted by molar-refractivity contribution is -0.180. The number of β-lactam (4-membered cyclic amide) rings is 1. The van der Waals surface area contributed by atoms with Crippen molar-refractivity contribution >= 4 is 46.3 Å². The van der Waals surface area contributed by atoms with Crippen LogP contribution in [0.2, 0.25) is 36.3 Å². The third-order valence-corrected chi connectivity index (χ3v) is 19.1. The smallest absolute Gasteiger partial charge is 0.410 e. The predicted octanol–water partition coefficient (Wildman–Crippen LogP) is 5.47. The van der Waals surface area contributed by atoms with Crippen molar-refractivity contribution in [3.63, 3.8) is 0 Å². The van der Waals surface area contributed by atoms with Crippen molar-refractivity contribution < 1.29 is 42.3 Å². The molecule has 260 valence electrons. The highest BCUT2D eigenvalue weighted by Crippen LogP contribution is 2.42.